The summed E-state index contributed by atoms with van der Waals surface area (Å²) < 4.78 is 26.9. The van der Waals surface area contributed by atoms with Gasteiger partial charge in [0.1, 0.15) is 4.90 Å². The van der Waals surface area contributed by atoms with Gasteiger partial charge in [-0.05, 0) is 23.8 Å². The second kappa shape index (κ2) is 6.32. The lowest BCUT2D eigenvalue weighted by Crippen LogP contribution is -2.25. The lowest BCUT2D eigenvalue weighted by atomic mass is 10.1. The number of nitrogens with one attached hydrogen (secondary N) is 2. The van der Waals surface area contributed by atoms with Gasteiger partial charge in [-0.25, -0.2) is 13.1 Å². The molecule has 0 aliphatic heterocycles. The van der Waals surface area contributed by atoms with E-state index in [-0.39, 0.29) is 17.1 Å². The van der Waals surface area contributed by atoms with Crippen molar-refractivity contribution in [2.45, 2.75) is 11.4 Å². The van der Waals surface area contributed by atoms with E-state index >= 15 is 0 Å². The molecule has 7 nitrogen and oxygen atoms in total. The van der Waals surface area contributed by atoms with E-state index in [1.165, 1.54) is 18.5 Å². The first kappa shape index (κ1) is 14.9. The van der Waals surface area contributed by atoms with Crippen molar-refractivity contribution in [3.8, 4) is 6.07 Å². The number of hydrogen-bond acceptors (Lipinski definition) is 6. The molecule has 2 rings (SSSR count). The maximum atomic E-state index is 12.2. The Labute approximate surface area is 122 Å². The number of hydrazine groups is 1. The molecule has 8 heteroatoms. The standard InChI is InChI=1S/C13H13N5O2S/c14-7-10-1-3-11(4-2-10)8-17-21(19,20)13-9-16-6-5-12(13)18-15/h1-6,9,17H,8,15H2,(H,16,18). The molecule has 0 amide bonds. The average molecular weight is 303 g/mol. The Balaban J connectivity index is 2.16. The van der Waals surface area contributed by atoms with Gasteiger partial charge in [0, 0.05) is 18.9 Å². The molecule has 4 N–H and O–H groups in total. The van der Waals surface area contributed by atoms with Gasteiger partial charge in [0.05, 0.1) is 17.3 Å². The molecule has 0 spiro atoms. The first-order valence-corrected chi connectivity index (χ1v) is 7.44. The number of rotatable bonds is 5. The molecule has 0 aliphatic rings. The van der Waals surface area contributed by atoms with Crippen LogP contribution < -0.4 is 16.0 Å². The number of anilines is 1. The van der Waals surface area contributed by atoms with E-state index in [1.807, 2.05) is 6.07 Å². The van der Waals surface area contributed by atoms with Gasteiger partial charge in [0.25, 0.3) is 0 Å². The van der Waals surface area contributed by atoms with Crippen LogP contribution in [0.4, 0.5) is 5.69 Å². The molecule has 1 aromatic heterocycles. The minimum atomic E-state index is -3.74. The fourth-order valence-electron chi connectivity index (χ4n) is 1.67. The Morgan fingerprint density at radius 1 is 1.24 bits per heavy atom. The van der Waals surface area contributed by atoms with Crippen molar-refractivity contribution in [3.05, 3.63) is 53.9 Å². The molecule has 2 aromatic rings. The second-order valence-corrected chi connectivity index (χ2v) is 5.88. The SMILES string of the molecule is N#Cc1ccc(CNS(=O)(=O)c2cnccc2NN)cc1. The van der Waals surface area contributed by atoms with Gasteiger partial charge in [-0.1, -0.05) is 12.1 Å². The summed E-state index contributed by atoms with van der Waals surface area (Å²) in [6.07, 6.45) is 2.66. The molecule has 0 bridgehead atoms. The molecular formula is C13H13N5O2S. The van der Waals surface area contributed by atoms with Crippen molar-refractivity contribution in [2.75, 3.05) is 5.43 Å². The summed E-state index contributed by atoms with van der Waals surface area (Å²) in [5.41, 5.74) is 3.84. The summed E-state index contributed by atoms with van der Waals surface area (Å²) in [7, 11) is -3.74. The van der Waals surface area contributed by atoms with Gasteiger partial charge in [0.2, 0.25) is 10.0 Å². The van der Waals surface area contributed by atoms with Crippen LogP contribution in [0.15, 0.2) is 47.6 Å². The molecule has 0 fully saturated rings. The zero-order chi connectivity index (χ0) is 15.3. The summed E-state index contributed by atoms with van der Waals surface area (Å²) in [6.45, 7) is 0.104. The third-order valence-corrected chi connectivity index (χ3v) is 4.21. The van der Waals surface area contributed by atoms with Crippen molar-refractivity contribution < 1.29 is 8.42 Å². The molecule has 1 aromatic carbocycles. The number of nitrogens with zero attached hydrogens (tertiary/aromatic N) is 2. The first-order chi connectivity index (χ1) is 10.1. The van der Waals surface area contributed by atoms with E-state index < -0.39 is 10.0 Å². The van der Waals surface area contributed by atoms with E-state index in [0.29, 0.717) is 5.56 Å². The molecule has 0 radical (unpaired) electrons. The van der Waals surface area contributed by atoms with Crippen LogP contribution in [0, 0.1) is 11.3 Å². The third-order valence-electron chi connectivity index (χ3n) is 2.78. The van der Waals surface area contributed by atoms with Crippen molar-refractivity contribution in [1.29, 1.82) is 5.26 Å². The summed E-state index contributed by atoms with van der Waals surface area (Å²) >= 11 is 0. The minimum absolute atomic E-state index is 0.0267. The number of nitrogen functional groups attached to an aromatic ring is 1. The van der Waals surface area contributed by atoms with Crippen molar-refractivity contribution >= 4 is 15.7 Å². The normalized spacial score (nSPS) is 10.9. The number of hydrogen-bond donors (Lipinski definition) is 3. The zero-order valence-electron chi connectivity index (χ0n) is 10.9. The fourth-order valence-corrected chi connectivity index (χ4v) is 2.79. The lowest BCUT2D eigenvalue weighted by molar-refractivity contribution is 0.581. The summed E-state index contributed by atoms with van der Waals surface area (Å²) in [5.74, 6) is 5.29. The van der Waals surface area contributed by atoms with Gasteiger partial charge in [-0.15, -0.1) is 0 Å². The molecule has 21 heavy (non-hydrogen) atoms. The number of nitriles is 1. The minimum Gasteiger partial charge on any atom is -0.323 e. The topological polar surface area (TPSA) is 121 Å². The van der Waals surface area contributed by atoms with Crippen molar-refractivity contribution in [1.82, 2.24) is 9.71 Å². The smallest absolute Gasteiger partial charge is 0.244 e. The quantitative estimate of drug-likeness (QED) is 0.552. The Morgan fingerprint density at radius 3 is 2.57 bits per heavy atom. The van der Waals surface area contributed by atoms with Crippen LogP contribution in [-0.2, 0) is 16.6 Å². The molecule has 0 atom stereocenters. The van der Waals surface area contributed by atoms with Gasteiger partial charge in [0.15, 0.2) is 0 Å². The van der Waals surface area contributed by atoms with Crippen LogP contribution >= 0.6 is 0 Å². The molecule has 108 valence electrons. The number of nitrogens with two attached hydrogens (primary N) is 1. The second-order valence-electron chi connectivity index (χ2n) is 4.15. The highest BCUT2D eigenvalue weighted by Gasteiger charge is 2.18. The van der Waals surface area contributed by atoms with Crippen LogP contribution in [0.1, 0.15) is 11.1 Å². The predicted octanol–water partition coefficient (Wildman–Crippen LogP) is 0.717. The van der Waals surface area contributed by atoms with Crippen LogP contribution in [0.2, 0.25) is 0 Å². The number of aromatic nitrogens is 1. The Bertz CT molecular complexity index is 766. The number of pyridine rings is 1. The molecule has 1 heterocycles. The fraction of sp³-hybridized carbons (Fsp3) is 0.0769. The number of benzene rings is 1. The molecule has 0 aliphatic carbocycles. The molecule has 0 saturated heterocycles. The lowest BCUT2D eigenvalue weighted by Gasteiger charge is -2.10. The highest BCUT2D eigenvalue weighted by molar-refractivity contribution is 7.89. The largest absolute Gasteiger partial charge is 0.323 e. The highest BCUT2D eigenvalue weighted by atomic mass is 32.2. The molecule has 0 saturated carbocycles. The highest BCUT2D eigenvalue weighted by Crippen LogP contribution is 2.18. The van der Waals surface area contributed by atoms with E-state index in [2.05, 4.69) is 15.1 Å². The Morgan fingerprint density at radius 2 is 1.95 bits per heavy atom. The van der Waals surface area contributed by atoms with Gasteiger partial charge < -0.3 is 5.43 Å². The number of sulfonamides is 1. The van der Waals surface area contributed by atoms with E-state index in [1.54, 1.807) is 24.3 Å². The van der Waals surface area contributed by atoms with E-state index in [4.69, 9.17) is 11.1 Å². The molecular weight excluding hydrogens is 290 g/mol. The van der Waals surface area contributed by atoms with Gasteiger partial charge in [-0.3, -0.25) is 10.8 Å². The summed E-state index contributed by atoms with van der Waals surface area (Å²) in [6, 6.07) is 10.1. The predicted molar refractivity (Wildman–Crippen MR) is 77.2 cm³/mol. The van der Waals surface area contributed by atoms with Gasteiger partial charge >= 0.3 is 0 Å². The van der Waals surface area contributed by atoms with Crippen LogP contribution in [0.25, 0.3) is 0 Å². The summed E-state index contributed by atoms with van der Waals surface area (Å²) in [4.78, 5) is 3.76. The van der Waals surface area contributed by atoms with Crippen molar-refractivity contribution in [3.63, 3.8) is 0 Å². The Kier molecular flexibility index (Phi) is 4.49. The van der Waals surface area contributed by atoms with Crippen LogP contribution in [0.3, 0.4) is 0 Å². The monoisotopic (exact) mass is 303 g/mol. The molecule has 0 unspecified atom stereocenters. The summed E-state index contributed by atoms with van der Waals surface area (Å²) in [5, 5.41) is 8.71. The van der Waals surface area contributed by atoms with Gasteiger partial charge in [-0.2, -0.15) is 5.26 Å². The Hall–Kier alpha value is -2.47. The van der Waals surface area contributed by atoms with E-state index in [9.17, 15) is 8.42 Å². The first-order valence-electron chi connectivity index (χ1n) is 5.96. The third kappa shape index (κ3) is 3.55. The average Bonchev–Trinajstić information content (AvgIpc) is 2.53. The van der Waals surface area contributed by atoms with Crippen LogP contribution in [-0.4, -0.2) is 13.4 Å². The maximum Gasteiger partial charge on any atom is 0.244 e. The van der Waals surface area contributed by atoms with E-state index in [0.717, 1.165) is 5.56 Å². The maximum absolute atomic E-state index is 12.2. The zero-order valence-corrected chi connectivity index (χ0v) is 11.8. The van der Waals surface area contributed by atoms with Crippen molar-refractivity contribution in [2.24, 2.45) is 5.84 Å². The van der Waals surface area contributed by atoms with Crippen LogP contribution in [0.5, 0.6) is 0 Å².